The van der Waals surface area contributed by atoms with Gasteiger partial charge < -0.3 is 5.32 Å². The molecule has 0 amide bonds. The average molecular weight is 680 g/mol. The normalized spacial score (nSPS) is 24.0. The highest BCUT2D eigenvalue weighted by atomic mass is 32.2. The zero-order chi connectivity index (χ0) is 31.8. The van der Waals surface area contributed by atoms with Gasteiger partial charge >= 0.3 is 0 Å². The van der Waals surface area contributed by atoms with Gasteiger partial charge in [0, 0.05) is 23.2 Å². The van der Waals surface area contributed by atoms with Gasteiger partial charge in [0.1, 0.15) is 32.1 Å². The van der Waals surface area contributed by atoms with Crippen LogP contribution in [0.1, 0.15) is 37.1 Å². The maximum Gasteiger partial charge on any atom is 0.267 e. The van der Waals surface area contributed by atoms with Crippen molar-refractivity contribution in [1.29, 1.82) is 0 Å². The molecule has 2 aromatic carbocycles. The van der Waals surface area contributed by atoms with Gasteiger partial charge in [-0.25, -0.2) is 49.3 Å². The Labute approximate surface area is 260 Å². The van der Waals surface area contributed by atoms with E-state index < -0.39 is 59.0 Å². The first-order valence-corrected chi connectivity index (χ1v) is 18.2. The topological polar surface area (TPSA) is 131 Å². The molecule has 2 N–H and O–H groups in total. The van der Waals surface area contributed by atoms with E-state index in [0.29, 0.717) is 47.7 Å². The molecule has 1 aliphatic heterocycles. The summed E-state index contributed by atoms with van der Waals surface area (Å²) in [6.45, 7) is 0. The number of benzene rings is 2. The molecule has 2 bridgehead atoms. The molecule has 3 saturated carbocycles. The van der Waals surface area contributed by atoms with Crippen LogP contribution >= 0.6 is 11.3 Å². The van der Waals surface area contributed by atoms with Crippen molar-refractivity contribution in [3.05, 3.63) is 71.1 Å². The van der Waals surface area contributed by atoms with E-state index in [9.17, 15) is 30.0 Å². The summed E-state index contributed by atoms with van der Waals surface area (Å²) in [5, 5.41) is 3.76. The zero-order valence-electron chi connectivity index (χ0n) is 23.4. The molecule has 2 aromatic heterocycles. The SMILES string of the molecule is O=S1(=O)CCC(Nc2nccc(-c3sc(C45CC(F)(C4)C5)nc3-c3cccc(NS(=O)(=O)c4c(F)cccc4F)c3F)n2)CC1. The van der Waals surface area contributed by atoms with Gasteiger partial charge in [-0.05, 0) is 62.4 Å². The maximum absolute atomic E-state index is 16.1. The molecule has 4 aliphatic rings. The summed E-state index contributed by atoms with van der Waals surface area (Å²) < 4.78 is 111. The van der Waals surface area contributed by atoms with Crippen LogP contribution in [-0.2, 0) is 25.3 Å². The highest BCUT2D eigenvalue weighted by Crippen LogP contribution is 2.70. The molecule has 3 heterocycles. The van der Waals surface area contributed by atoms with E-state index in [2.05, 4.69) is 15.3 Å². The molecule has 4 fully saturated rings. The molecule has 1 saturated heterocycles. The van der Waals surface area contributed by atoms with Gasteiger partial charge in [0.05, 0.1) is 33.5 Å². The van der Waals surface area contributed by atoms with Crippen LogP contribution < -0.4 is 10.0 Å². The van der Waals surface area contributed by atoms with Crippen molar-refractivity contribution in [2.45, 2.75) is 54.1 Å². The molecular formula is C29H25F4N5O4S3. The summed E-state index contributed by atoms with van der Waals surface area (Å²) in [5.74, 6) is -3.37. The van der Waals surface area contributed by atoms with E-state index in [1.807, 2.05) is 4.72 Å². The first kappa shape index (κ1) is 30.0. The van der Waals surface area contributed by atoms with Gasteiger partial charge in [-0.3, -0.25) is 4.72 Å². The van der Waals surface area contributed by atoms with E-state index in [4.69, 9.17) is 4.98 Å². The number of alkyl halides is 1. The molecule has 45 heavy (non-hydrogen) atoms. The second-order valence-electron chi connectivity index (χ2n) is 11.8. The molecule has 0 atom stereocenters. The van der Waals surface area contributed by atoms with Crippen LogP contribution in [0.2, 0.25) is 0 Å². The van der Waals surface area contributed by atoms with Crippen molar-refractivity contribution in [1.82, 2.24) is 15.0 Å². The quantitative estimate of drug-likeness (QED) is 0.230. The van der Waals surface area contributed by atoms with Crippen molar-refractivity contribution in [2.75, 3.05) is 21.5 Å². The number of sulfonamides is 1. The summed E-state index contributed by atoms with van der Waals surface area (Å²) in [4.78, 5) is 12.8. The highest BCUT2D eigenvalue weighted by Gasteiger charge is 2.71. The minimum atomic E-state index is -4.86. The van der Waals surface area contributed by atoms with E-state index in [1.165, 1.54) is 29.7 Å². The third kappa shape index (κ3) is 5.35. The van der Waals surface area contributed by atoms with Crippen molar-refractivity contribution < 1.29 is 34.4 Å². The lowest BCUT2D eigenvalue weighted by Gasteiger charge is -2.64. The number of nitrogens with one attached hydrogen (secondary N) is 2. The molecular weight excluding hydrogens is 655 g/mol. The van der Waals surface area contributed by atoms with Crippen molar-refractivity contribution in [3.8, 4) is 21.8 Å². The number of hydrogen-bond donors (Lipinski definition) is 2. The minimum Gasteiger partial charge on any atom is -0.351 e. The second-order valence-corrected chi connectivity index (χ2v) is 16.7. The lowest BCUT2D eigenvalue weighted by atomic mass is 9.42. The molecule has 236 valence electrons. The van der Waals surface area contributed by atoms with Crippen LogP contribution in [-0.4, -0.2) is 55.0 Å². The fourth-order valence-corrected chi connectivity index (χ4v) is 10.2. The Balaban J connectivity index is 1.26. The predicted molar refractivity (Wildman–Crippen MR) is 160 cm³/mol. The number of nitrogens with zero attached hydrogens (tertiary/aromatic N) is 3. The fraction of sp³-hybridized carbons (Fsp3) is 0.345. The van der Waals surface area contributed by atoms with Crippen molar-refractivity contribution >= 4 is 42.8 Å². The third-order valence-corrected chi connectivity index (χ3v) is 13.0. The van der Waals surface area contributed by atoms with Crippen LogP contribution in [0.15, 0.2) is 53.6 Å². The van der Waals surface area contributed by atoms with Crippen LogP contribution in [0.25, 0.3) is 21.8 Å². The Morgan fingerprint density at radius 3 is 2.27 bits per heavy atom. The summed E-state index contributed by atoms with van der Waals surface area (Å²) in [6.07, 6.45) is 3.17. The highest BCUT2D eigenvalue weighted by molar-refractivity contribution is 7.92. The van der Waals surface area contributed by atoms with Crippen LogP contribution in [0.4, 0.5) is 29.2 Å². The Kier molecular flexibility index (Phi) is 6.98. The van der Waals surface area contributed by atoms with Gasteiger partial charge in [-0.1, -0.05) is 12.1 Å². The lowest BCUT2D eigenvalue weighted by molar-refractivity contribution is -0.158. The molecule has 4 aromatic rings. The standard InChI is InChI=1S/C29H25F4N5O4S3/c30-18-4-2-5-19(31)25(18)45(41,42)38-20-6-1-3-17(22(20)32)23-24(43-26(37-23)28-13-29(33,14-28)15-28)21-7-10-34-27(36-21)35-16-8-11-44(39,40)12-9-16/h1-7,10,16,38H,8-9,11-15H2,(H,34,35,36). The van der Waals surface area contributed by atoms with Crippen LogP contribution in [0, 0.1) is 17.5 Å². The maximum atomic E-state index is 16.1. The summed E-state index contributed by atoms with van der Waals surface area (Å²) in [5.41, 5.74) is -1.86. The lowest BCUT2D eigenvalue weighted by Crippen LogP contribution is -2.67. The van der Waals surface area contributed by atoms with Crippen LogP contribution in [0.5, 0.6) is 0 Å². The largest absolute Gasteiger partial charge is 0.351 e. The average Bonchev–Trinajstić information content (AvgIpc) is 3.38. The third-order valence-electron chi connectivity index (χ3n) is 8.51. The molecule has 3 aliphatic carbocycles. The molecule has 8 rings (SSSR count). The number of rotatable bonds is 8. The Bertz CT molecular complexity index is 2020. The van der Waals surface area contributed by atoms with Gasteiger partial charge in [0.25, 0.3) is 10.0 Å². The van der Waals surface area contributed by atoms with Gasteiger partial charge in [-0.15, -0.1) is 11.3 Å². The van der Waals surface area contributed by atoms with Gasteiger partial charge in [0.2, 0.25) is 5.95 Å². The Hall–Kier alpha value is -3.63. The first-order chi connectivity index (χ1) is 21.3. The number of sulfone groups is 1. The molecule has 9 nitrogen and oxygen atoms in total. The molecule has 16 heteroatoms. The minimum absolute atomic E-state index is 0.0494. The summed E-state index contributed by atoms with van der Waals surface area (Å²) in [6, 6.07) is 7.88. The Morgan fingerprint density at radius 2 is 1.60 bits per heavy atom. The number of halogens is 4. The van der Waals surface area contributed by atoms with E-state index in [-0.39, 0.29) is 34.8 Å². The number of thiazole rings is 1. The van der Waals surface area contributed by atoms with E-state index >= 15 is 4.39 Å². The number of aromatic nitrogens is 3. The molecule has 0 unspecified atom stereocenters. The molecule has 0 spiro atoms. The monoisotopic (exact) mass is 679 g/mol. The molecule has 0 radical (unpaired) electrons. The Morgan fingerprint density at radius 1 is 0.933 bits per heavy atom. The van der Waals surface area contributed by atoms with Crippen molar-refractivity contribution in [2.24, 2.45) is 0 Å². The van der Waals surface area contributed by atoms with Crippen LogP contribution in [0.3, 0.4) is 0 Å². The van der Waals surface area contributed by atoms with E-state index in [0.717, 1.165) is 24.3 Å². The predicted octanol–water partition coefficient (Wildman–Crippen LogP) is 5.62. The number of hydrogen-bond acceptors (Lipinski definition) is 9. The fourth-order valence-electron chi connectivity index (χ4n) is 6.29. The summed E-state index contributed by atoms with van der Waals surface area (Å²) in [7, 11) is -7.94. The number of anilines is 2. The van der Waals surface area contributed by atoms with Gasteiger partial charge in [0.15, 0.2) is 10.7 Å². The smallest absolute Gasteiger partial charge is 0.267 e. The first-order valence-electron chi connectivity index (χ1n) is 14.0. The van der Waals surface area contributed by atoms with Crippen molar-refractivity contribution in [3.63, 3.8) is 0 Å². The second kappa shape index (κ2) is 10.5. The van der Waals surface area contributed by atoms with Gasteiger partial charge in [-0.2, -0.15) is 0 Å². The van der Waals surface area contributed by atoms with E-state index in [1.54, 1.807) is 6.07 Å². The zero-order valence-corrected chi connectivity index (χ0v) is 25.8. The summed E-state index contributed by atoms with van der Waals surface area (Å²) >= 11 is 1.23.